The monoisotopic (exact) mass is 699 g/mol. The second-order valence-electron chi connectivity index (χ2n) is 14.1. The van der Waals surface area contributed by atoms with Crippen molar-refractivity contribution in [2.75, 3.05) is 4.90 Å². The van der Waals surface area contributed by atoms with Gasteiger partial charge in [0.1, 0.15) is 0 Å². The average Bonchev–Trinajstić information content (AvgIpc) is 3.27. The number of rotatable bonds is 5. The van der Waals surface area contributed by atoms with Crippen LogP contribution in [0, 0.1) is 0 Å². The van der Waals surface area contributed by atoms with Gasteiger partial charge in [-0.1, -0.05) is 182 Å². The molecule has 0 saturated heterocycles. The first-order chi connectivity index (χ1) is 27.3. The van der Waals surface area contributed by atoms with E-state index in [1.165, 1.54) is 76.1 Å². The molecule has 1 nitrogen and oxygen atoms in total. The summed E-state index contributed by atoms with van der Waals surface area (Å²) in [6, 6.07) is 81.7. The molecule has 55 heavy (non-hydrogen) atoms. The Kier molecular flexibility index (Phi) is 8.24. The lowest BCUT2D eigenvalue weighted by molar-refractivity contribution is 1.29. The molecule has 0 aromatic heterocycles. The van der Waals surface area contributed by atoms with Crippen LogP contribution in [0.4, 0.5) is 17.1 Å². The van der Waals surface area contributed by atoms with Crippen molar-refractivity contribution >= 4 is 70.9 Å². The van der Waals surface area contributed by atoms with Gasteiger partial charge >= 0.3 is 0 Å². The molecule has 258 valence electrons. The van der Waals surface area contributed by atoms with Crippen LogP contribution in [0.15, 0.2) is 224 Å². The maximum atomic E-state index is 2.41. The number of anilines is 3. The van der Waals surface area contributed by atoms with E-state index in [9.17, 15) is 0 Å². The predicted octanol–water partition coefficient (Wildman–Crippen LogP) is 15.4. The highest BCUT2D eigenvalue weighted by atomic mass is 15.1. The molecular formula is C54H37N. The first kappa shape index (κ1) is 32.4. The van der Waals surface area contributed by atoms with Crippen LogP contribution in [0.2, 0.25) is 0 Å². The summed E-state index contributed by atoms with van der Waals surface area (Å²) >= 11 is 0. The lowest BCUT2D eigenvalue weighted by atomic mass is 9.94. The van der Waals surface area contributed by atoms with Gasteiger partial charge < -0.3 is 4.90 Å². The molecule has 10 aromatic carbocycles. The molecule has 0 heterocycles. The van der Waals surface area contributed by atoms with Crippen LogP contribution in [-0.4, -0.2) is 0 Å². The molecule has 0 unspecified atom stereocenters. The third kappa shape index (κ3) is 5.93. The summed E-state index contributed by atoms with van der Waals surface area (Å²) in [6.07, 6.45) is 0. The summed E-state index contributed by atoms with van der Waals surface area (Å²) in [5.74, 6) is 0. The number of hydrogen-bond acceptors (Lipinski definition) is 1. The third-order valence-corrected chi connectivity index (χ3v) is 10.8. The Hall–Kier alpha value is -7.22. The minimum atomic E-state index is 1.09. The van der Waals surface area contributed by atoms with E-state index in [1.54, 1.807) is 0 Å². The second-order valence-corrected chi connectivity index (χ2v) is 14.1. The molecule has 0 aliphatic heterocycles. The zero-order valence-corrected chi connectivity index (χ0v) is 30.3. The van der Waals surface area contributed by atoms with Crippen molar-refractivity contribution in [3.05, 3.63) is 224 Å². The van der Waals surface area contributed by atoms with E-state index in [-0.39, 0.29) is 0 Å². The predicted molar refractivity (Wildman–Crippen MR) is 237 cm³/mol. The van der Waals surface area contributed by atoms with E-state index in [0.29, 0.717) is 0 Å². The lowest BCUT2D eigenvalue weighted by Crippen LogP contribution is -2.10. The molecule has 0 atom stereocenters. The Bertz CT molecular complexity index is 2940. The van der Waals surface area contributed by atoms with Gasteiger partial charge in [-0.15, -0.1) is 0 Å². The van der Waals surface area contributed by atoms with Gasteiger partial charge in [-0.2, -0.15) is 0 Å². The molecule has 0 aliphatic rings. The average molecular weight is 700 g/mol. The van der Waals surface area contributed by atoms with Gasteiger partial charge in [-0.25, -0.2) is 0 Å². The number of hydrogen-bond donors (Lipinski definition) is 0. The molecule has 0 saturated carbocycles. The van der Waals surface area contributed by atoms with Gasteiger partial charge in [-0.05, 0) is 119 Å². The fourth-order valence-electron chi connectivity index (χ4n) is 8.30. The number of benzene rings is 9. The molecule has 10 rings (SSSR count). The summed E-state index contributed by atoms with van der Waals surface area (Å²) in [7, 11) is 0. The van der Waals surface area contributed by atoms with E-state index in [4.69, 9.17) is 0 Å². The third-order valence-electron chi connectivity index (χ3n) is 10.8. The molecule has 0 N–H and O–H groups in total. The minimum Gasteiger partial charge on any atom is -0.310 e. The van der Waals surface area contributed by atoms with E-state index in [1.807, 2.05) is 0 Å². The van der Waals surface area contributed by atoms with Crippen molar-refractivity contribution in [2.24, 2.45) is 0 Å². The van der Waals surface area contributed by atoms with Crippen LogP contribution in [0.25, 0.3) is 76.1 Å². The van der Waals surface area contributed by atoms with E-state index < -0.39 is 0 Å². The number of para-hydroxylation sites is 1. The van der Waals surface area contributed by atoms with E-state index >= 15 is 0 Å². The Labute approximate surface area is 321 Å². The molecule has 0 fully saturated rings. The summed E-state index contributed by atoms with van der Waals surface area (Å²) in [6.45, 7) is 0. The van der Waals surface area contributed by atoms with Crippen molar-refractivity contribution in [1.29, 1.82) is 0 Å². The van der Waals surface area contributed by atoms with Gasteiger partial charge in [-0.3, -0.25) is 0 Å². The number of nitrogens with zero attached hydrogens (tertiary/aromatic N) is 1. The maximum Gasteiger partial charge on any atom is 0.0473 e. The first-order valence-corrected chi connectivity index (χ1v) is 18.9. The Morgan fingerprint density at radius 3 is 0.909 bits per heavy atom. The highest BCUT2D eigenvalue weighted by Gasteiger charge is 2.17. The van der Waals surface area contributed by atoms with E-state index in [0.717, 1.165) is 17.1 Å². The zero-order chi connectivity index (χ0) is 36.6. The van der Waals surface area contributed by atoms with Crippen LogP contribution in [-0.2, 0) is 0 Å². The molecule has 1 heteroatoms. The van der Waals surface area contributed by atoms with Gasteiger partial charge in [0.05, 0.1) is 0 Å². The van der Waals surface area contributed by atoms with Crippen molar-refractivity contribution in [3.8, 4) is 22.3 Å². The molecule has 0 amide bonds. The molecular weight excluding hydrogens is 663 g/mol. The summed E-state index contributed by atoms with van der Waals surface area (Å²) < 4.78 is 0. The lowest BCUT2D eigenvalue weighted by Gasteiger charge is -2.27. The Balaban J connectivity index is 1.35. The summed E-state index contributed by atoms with van der Waals surface area (Å²) in [5, 5.41) is 12.2. The van der Waals surface area contributed by atoms with Crippen LogP contribution in [0.1, 0.15) is 0 Å². The SMILES string of the molecule is c1ccc(-c2cc(-c3ccccc3)cc(N(c3ccccc3)c3ccc4c5ccccc5c5ccccc5c5ccccc5c5ccccc5c4c3)c2)cc1. The fourth-order valence-corrected chi connectivity index (χ4v) is 8.30. The van der Waals surface area contributed by atoms with Gasteiger partial charge in [0.25, 0.3) is 0 Å². The molecule has 0 radical (unpaired) electrons. The standard InChI is InChI=1S/C54H37N/c1-4-18-38(19-5-1)40-34-41(39-20-6-2-7-21-39)36-44(35-40)55(42-22-8-3-9-23-42)43-32-33-53-51-30-15-14-28-49(51)47-26-11-10-24-45(47)46-25-12-13-27-48(46)50-29-16-17-31-52(50)54(53)37-43/h1-37H. The smallest absolute Gasteiger partial charge is 0.0473 e. The van der Waals surface area contributed by atoms with Gasteiger partial charge in [0, 0.05) is 17.1 Å². The normalized spacial score (nSPS) is 11.3. The number of fused-ring (bicyclic) bond motifs is 10. The largest absolute Gasteiger partial charge is 0.310 e. The highest BCUT2D eigenvalue weighted by Crippen LogP contribution is 2.42. The van der Waals surface area contributed by atoms with Crippen LogP contribution < -0.4 is 4.90 Å². The quantitative estimate of drug-likeness (QED) is 0.173. The summed E-state index contributed by atoms with van der Waals surface area (Å²) in [5.41, 5.74) is 8.00. The van der Waals surface area contributed by atoms with Crippen LogP contribution in [0.5, 0.6) is 0 Å². The zero-order valence-electron chi connectivity index (χ0n) is 30.3. The van der Waals surface area contributed by atoms with Crippen molar-refractivity contribution in [2.45, 2.75) is 0 Å². The first-order valence-electron chi connectivity index (χ1n) is 18.9. The van der Waals surface area contributed by atoms with Crippen molar-refractivity contribution in [3.63, 3.8) is 0 Å². The van der Waals surface area contributed by atoms with E-state index in [2.05, 4.69) is 229 Å². The van der Waals surface area contributed by atoms with Gasteiger partial charge in [0.2, 0.25) is 0 Å². The highest BCUT2D eigenvalue weighted by molar-refractivity contribution is 6.26. The molecule has 0 spiro atoms. The Morgan fingerprint density at radius 2 is 0.509 bits per heavy atom. The van der Waals surface area contributed by atoms with Crippen molar-refractivity contribution in [1.82, 2.24) is 0 Å². The molecule has 0 aliphatic carbocycles. The topological polar surface area (TPSA) is 3.24 Å². The summed E-state index contributed by atoms with van der Waals surface area (Å²) in [4.78, 5) is 2.41. The Morgan fingerprint density at radius 1 is 0.182 bits per heavy atom. The van der Waals surface area contributed by atoms with Crippen LogP contribution in [0.3, 0.4) is 0 Å². The second kappa shape index (κ2) is 14.0. The maximum absolute atomic E-state index is 2.41. The fraction of sp³-hybridized carbons (Fsp3) is 0. The van der Waals surface area contributed by atoms with Crippen molar-refractivity contribution < 1.29 is 0 Å². The molecule has 0 bridgehead atoms. The van der Waals surface area contributed by atoms with Crippen LogP contribution >= 0.6 is 0 Å². The van der Waals surface area contributed by atoms with Gasteiger partial charge in [0.15, 0.2) is 0 Å². The minimum absolute atomic E-state index is 1.09. The molecule has 10 aromatic rings.